The standard InChI is InChI=1S/C52H55FN10O5/c1-54-50(66)33-7-4-8-34(29-33)55-52(68)48-45-41(59(2)58-48)20-18-37(46(45)53)36-17-16-35(63-23-6-11-44(63)65)30-40(36)32-14-12-31(13-15-32)22-24-61-25-27-62(28-26-61)42-10-5-9-38-47(57-60(3)49(38)42)39-19-21-43(64)56-51(39)67/h4-5,7-10,12-18,20,29-30,39,47-48,57-58H,6,11,19,21-28H2,1-3H3,(H,54,66)(H,55,68)(H,56,64,67). The number of para-hydroxylation sites is 1. The van der Waals surface area contributed by atoms with Gasteiger partial charge in [-0.15, -0.1) is 0 Å². The van der Waals surface area contributed by atoms with E-state index in [4.69, 9.17) is 0 Å². The molecule has 15 nitrogen and oxygen atoms in total. The third kappa shape index (κ3) is 8.43. The molecule has 0 aromatic heterocycles. The van der Waals surface area contributed by atoms with Crippen molar-refractivity contribution in [2.45, 2.75) is 44.2 Å². The van der Waals surface area contributed by atoms with Crippen molar-refractivity contribution in [2.75, 3.05) is 85.5 Å². The lowest BCUT2D eigenvalue weighted by molar-refractivity contribution is -0.137. The number of rotatable bonds is 11. The number of fused-ring (bicyclic) bond motifs is 2. The number of carbonyl (C=O) groups is 5. The van der Waals surface area contributed by atoms with Gasteiger partial charge in [-0.05, 0) is 95.6 Å². The van der Waals surface area contributed by atoms with E-state index in [2.05, 4.69) is 79.1 Å². The van der Waals surface area contributed by atoms with Gasteiger partial charge in [0.25, 0.3) is 5.91 Å². The van der Waals surface area contributed by atoms with Crippen LogP contribution < -0.4 is 46.6 Å². The van der Waals surface area contributed by atoms with Gasteiger partial charge in [-0.2, -0.15) is 0 Å². The van der Waals surface area contributed by atoms with Crippen molar-refractivity contribution in [2.24, 2.45) is 5.92 Å². The maximum Gasteiger partial charge on any atom is 0.251 e. The number of piperidine rings is 1. The zero-order valence-corrected chi connectivity index (χ0v) is 38.4. The summed E-state index contributed by atoms with van der Waals surface area (Å²) in [6.07, 6.45) is 2.96. The van der Waals surface area contributed by atoms with Crippen molar-refractivity contribution in [3.8, 4) is 22.3 Å². The first-order chi connectivity index (χ1) is 32.9. The number of piperazine rings is 1. The molecular formula is C52H55FN10O5. The molecule has 0 aliphatic carbocycles. The highest BCUT2D eigenvalue weighted by atomic mass is 19.1. The number of nitrogens with zero attached hydrogens (tertiary/aromatic N) is 5. The van der Waals surface area contributed by atoms with Crippen LogP contribution in [0.3, 0.4) is 0 Å². The fourth-order valence-electron chi connectivity index (χ4n) is 10.5. The summed E-state index contributed by atoms with van der Waals surface area (Å²) >= 11 is 0. The second kappa shape index (κ2) is 18.5. The van der Waals surface area contributed by atoms with Crippen LogP contribution in [0.25, 0.3) is 22.3 Å². The second-order valence-electron chi connectivity index (χ2n) is 18.2. The smallest absolute Gasteiger partial charge is 0.251 e. The minimum absolute atomic E-state index is 0.0582. The molecule has 5 aromatic carbocycles. The van der Waals surface area contributed by atoms with E-state index in [1.807, 2.05) is 36.3 Å². The Balaban J connectivity index is 0.850. The third-order valence-corrected chi connectivity index (χ3v) is 14.1. The van der Waals surface area contributed by atoms with Crippen LogP contribution in [0.15, 0.2) is 97.1 Å². The minimum Gasteiger partial charge on any atom is -0.367 e. The Bertz CT molecular complexity index is 2830. The maximum atomic E-state index is 17.2. The number of amides is 5. The second-order valence-corrected chi connectivity index (χ2v) is 18.2. The molecule has 68 heavy (non-hydrogen) atoms. The predicted molar refractivity (Wildman–Crippen MR) is 261 cm³/mol. The molecular weight excluding hydrogens is 864 g/mol. The van der Waals surface area contributed by atoms with E-state index in [-0.39, 0.29) is 41.2 Å². The lowest BCUT2D eigenvalue weighted by Gasteiger charge is -2.37. The normalized spacial score (nSPS) is 20.4. The van der Waals surface area contributed by atoms with E-state index >= 15 is 4.39 Å². The van der Waals surface area contributed by atoms with Crippen molar-refractivity contribution in [3.05, 3.63) is 125 Å². The summed E-state index contributed by atoms with van der Waals surface area (Å²) in [5.74, 6) is -1.99. The zero-order chi connectivity index (χ0) is 47.2. The molecule has 3 saturated heterocycles. The molecule has 0 radical (unpaired) electrons. The molecule has 5 aromatic rings. The average molecular weight is 919 g/mol. The quantitative estimate of drug-likeness (QED) is 0.104. The predicted octanol–water partition coefficient (Wildman–Crippen LogP) is 5.69. The summed E-state index contributed by atoms with van der Waals surface area (Å²) < 4.78 is 17.2. The molecule has 350 valence electrons. The summed E-state index contributed by atoms with van der Waals surface area (Å²) in [5.41, 5.74) is 16.0. The van der Waals surface area contributed by atoms with Crippen molar-refractivity contribution in [1.82, 2.24) is 26.4 Å². The Hall–Kier alpha value is -7.14. The number of carbonyl (C=O) groups excluding carboxylic acids is 5. The fourth-order valence-corrected chi connectivity index (χ4v) is 10.5. The number of benzene rings is 5. The van der Waals surface area contributed by atoms with Gasteiger partial charge in [-0.1, -0.05) is 48.5 Å². The Morgan fingerprint density at radius 3 is 2.31 bits per heavy atom. The summed E-state index contributed by atoms with van der Waals surface area (Å²) in [4.78, 5) is 70.4. The van der Waals surface area contributed by atoms with Crippen LogP contribution in [0, 0.1) is 11.7 Å². The van der Waals surface area contributed by atoms with Crippen molar-refractivity contribution in [3.63, 3.8) is 0 Å². The van der Waals surface area contributed by atoms with Crippen LogP contribution in [0.2, 0.25) is 0 Å². The van der Waals surface area contributed by atoms with E-state index in [1.165, 1.54) is 12.6 Å². The van der Waals surface area contributed by atoms with Crippen LogP contribution in [-0.4, -0.2) is 94.8 Å². The van der Waals surface area contributed by atoms with Gasteiger partial charge in [0.1, 0.15) is 11.9 Å². The SMILES string of the molecule is CNC(=O)c1cccc(NC(=O)C2NN(C)c3ccc(-c4ccc(N5CCCC5=O)cc4-c4ccc(CCN5CCN(c6cccc7c6N(C)NC7C6CCC(=O)NC6=O)CC5)cc4)c(F)c32)c1. The third-order valence-electron chi connectivity index (χ3n) is 14.1. The van der Waals surface area contributed by atoms with Crippen LogP contribution in [0.5, 0.6) is 0 Å². The number of anilines is 5. The van der Waals surface area contributed by atoms with Gasteiger partial charge in [-0.3, -0.25) is 34.2 Å². The van der Waals surface area contributed by atoms with E-state index in [1.54, 1.807) is 47.3 Å². The Morgan fingerprint density at radius 2 is 1.56 bits per heavy atom. The van der Waals surface area contributed by atoms with E-state index in [9.17, 15) is 24.0 Å². The molecule has 5 N–H and O–H groups in total. The monoisotopic (exact) mass is 918 g/mol. The van der Waals surface area contributed by atoms with Crippen LogP contribution in [-0.2, 0) is 25.6 Å². The number of hydrogen-bond donors (Lipinski definition) is 5. The van der Waals surface area contributed by atoms with Gasteiger partial charge in [0.2, 0.25) is 23.6 Å². The lowest BCUT2D eigenvalue weighted by atomic mass is 9.86. The van der Waals surface area contributed by atoms with E-state index < -0.39 is 17.8 Å². The molecule has 5 amide bonds. The Labute approximate surface area is 394 Å². The summed E-state index contributed by atoms with van der Waals surface area (Å²) in [7, 11) is 5.26. The maximum absolute atomic E-state index is 17.2. The Morgan fingerprint density at radius 1 is 0.779 bits per heavy atom. The first kappa shape index (κ1) is 44.7. The van der Waals surface area contributed by atoms with Crippen molar-refractivity contribution < 1.29 is 28.4 Å². The van der Waals surface area contributed by atoms with Crippen LogP contribution >= 0.6 is 0 Å². The highest BCUT2D eigenvalue weighted by molar-refractivity contribution is 6.02. The number of halogens is 1. The highest BCUT2D eigenvalue weighted by Gasteiger charge is 2.41. The Kier molecular flexibility index (Phi) is 12.2. The molecule has 10 rings (SSSR count). The van der Waals surface area contributed by atoms with Gasteiger partial charge in [-0.25, -0.2) is 15.2 Å². The molecule has 16 heteroatoms. The number of nitrogens with one attached hydrogen (secondary N) is 5. The van der Waals surface area contributed by atoms with Crippen LogP contribution in [0.4, 0.5) is 32.8 Å². The van der Waals surface area contributed by atoms with Gasteiger partial charge in [0.15, 0.2) is 0 Å². The molecule has 3 atom stereocenters. The highest BCUT2D eigenvalue weighted by Crippen LogP contribution is 2.45. The topological polar surface area (TPSA) is 162 Å². The molecule has 3 fully saturated rings. The molecule has 0 spiro atoms. The summed E-state index contributed by atoms with van der Waals surface area (Å²) in [6, 6.07) is 29.3. The molecule has 5 aliphatic heterocycles. The van der Waals surface area contributed by atoms with E-state index in [0.29, 0.717) is 53.9 Å². The largest absolute Gasteiger partial charge is 0.367 e. The molecule has 5 aliphatic rings. The van der Waals surface area contributed by atoms with Crippen molar-refractivity contribution in [1.29, 1.82) is 0 Å². The van der Waals surface area contributed by atoms with Crippen LogP contribution in [0.1, 0.15) is 64.8 Å². The zero-order valence-electron chi connectivity index (χ0n) is 38.4. The van der Waals surface area contributed by atoms with Gasteiger partial charge >= 0.3 is 0 Å². The lowest BCUT2D eigenvalue weighted by Crippen LogP contribution is -2.47. The average Bonchev–Trinajstić information content (AvgIpc) is 4.05. The number of imide groups is 1. The molecule has 3 unspecified atom stereocenters. The molecule has 0 bridgehead atoms. The number of hydrazine groups is 2. The van der Waals surface area contributed by atoms with Crippen molar-refractivity contribution >= 4 is 58.0 Å². The van der Waals surface area contributed by atoms with Gasteiger partial charge in [0.05, 0.1) is 29.0 Å². The first-order valence-corrected chi connectivity index (χ1v) is 23.4. The fraction of sp³-hybridized carbons (Fsp3) is 0.327. The number of hydrogen-bond acceptors (Lipinski definition) is 11. The molecule has 5 heterocycles. The summed E-state index contributed by atoms with van der Waals surface area (Å²) in [6.45, 7) is 5.00. The summed E-state index contributed by atoms with van der Waals surface area (Å²) in [5, 5.41) is 11.6. The van der Waals surface area contributed by atoms with Gasteiger partial charge < -0.3 is 30.5 Å². The van der Waals surface area contributed by atoms with E-state index in [0.717, 1.165) is 79.3 Å². The minimum atomic E-state index is -1.05. The van der Waals surface area contributed by atoms with Gasteiger partial charge in [0, 0.05) is 101 Å². The first-order valence-electron chi connectivity index (χ1n) is 23.4. The molecule has 0 saturated carbocycles.